The molecule has 0 atom stereocenters. The Bertz CT molecular complexity index is 543. The summed E-state index contributed by atoms with van der Waals surface area (Å²) in [5.74, 6) is -0.310. The van der Waals surface area contributed by atoms with Gasteiger partial charge in [-0.25, -0.2) is 4.39 Å². The molecule has 2 aromatic carbocycles. The predicted molar refractivity (Wildman–Crippen MR) is 69.0 cm³/mol. The lowest BCUT2D eigenvalue weighted by atomic mass is 10.0. The van der Waals surface area contributed by atoms with E-state index in [0.29, 0.717) is 21.8 Å². The molecule has 0 aliphatic rings. The summed E-state index contributed by atoms with van der Waals surface area (Å²) in [6, 6.07) is 9.74. The maximum atomic E-state index is 13.6. The Morgan fingerprint density at radius 1 is 1.06 bits per heavy atom. The van der Waals surface area contributed by atoms with Gasteiger partial charge in [-0.05, 0) is 30.3 Å². The van der Waals surface area contributed by atoms with Crippen LogP contribution in [-0.4, -0.2) is 0 Å². The Morgan fingerprint density at radius 3 is 2.50 bits per heavy atom. The second-order valence-electron chi connectivity index (χ2n) is 3.36. The van der Waals surface area contributed by atoms with E-state index in [-0.39, 0.29) is 5.82 Å². The smallest absolute Gasteiger partial charge is 0.131 e. The number of rotatable bonds is 1. The normalized spacial score (nSPS) is 10.4. The van der Waals surface area contributed by atoms with Gasteiger partial charge in [-0.2, -0.15) is 0 Å². The summed E-state index contributed by atoms with van der Waals surface area (Å²) >= 11 is 9.32. The molecular weight excluding hydrogens is 292 g/mol. The summed E-state index contributed by atoms with van der Waals surface area (Å²) in [6.07, 6.45) is 0. The van der Waals surface area contributed by atoms with E-state index in [2.05, 4.69) is 15.9 Å². The molecule has 1 nitrogen and oxygen atoms in total. The molecule has 0 aliphatic heterocycles. The number of anilines is 1. The third kappa shape index (κ3) is 2.20. The van der Waals surface area contributed by atoms with E-state index in [0.717, 1.165) is 4.47 Å². The average molecular weight is 301 g/mol. The van der Waals surface area contributed by atoms with E-state index in [1.807, 2.05) is 0 Å². The third-order valence-corrected chi connectivity index (χ3v) is 3.02. The SMILES string of the molecule is Nc1ccc(-c2cc(Br)ccc2F)c(Cl)c1. The molecule has 2 aromatic rings. The zero-order valence-corrected chi connectivity index (χ0v) is 10.5. The number of hydrogen-bond acceptors (Lipinski definition) is 1. The minimum absolute atomic E-state index is 0.310. The number of hydrogen-bond donors (Lipinski definition) is 1. The van der Waals surface area contributed by atoms with Gasteiger partial charge in [0.1, 0.15) is 5.82 Å². The van der Waals surface area contributed by atoms with Crippen LogP contribution in [0.25, 0.3) is 11.1 Å². The van der Waals surface area contributed by atoms with Crippen molar-refractivity contribution in [3.8, 4) is 11.1 Å². The van der Waals surface area contributed by atoms with Crippen LogP contribution in [0.1, 0.15) is 0 Å². The Kier molecular flexibility index (Phi) is 3.17. The molecule has 0 fully saturated rings. The second kappa shape index (κ2) is 4.44. The standard InChI is InChI=1S/C12H8BrClFN/c13-7-1-4-12(15)10(5-7)9-3-2-8(16)6-11(9)14/h1-6H,16H2. The number of halogens is 3. The van der Waals surface area contributed by atoms with E-state index in [1.54, 1.807) is 30.3 Å². The van der Waals surface area contributed by atoms with E-state index in [4.69, 9.17) is 17.3 Å². The maximum Gasteiger partial charge on any atom is 0.131 e. The van der Waals surface area contributed by atoms with Gasteiger partial charge >= 0.3 is 0 Å². The average Bonchev–Trinajstić information content (AvgIpc) is 2.22. The fraction of sp³-hybridized carbons (Fsp3) is 0. The molecule has 16 heavy (non-hydrogen) atoms. The van der Waals surface area contributed by atoms with Crippen LogP contribution in [-0.2, 0) is 0 Å². The summed E-state index contributed by atoms with van der Waals surface area (Å²) < 4.78 is 14.4. The van der Waals surface area contributed by atoms with Crippen molar-refractivity contribution in [2.24, 2.45) is 0 Å². The van der Waals surface area contributed by atoms with Crippen LogP contribution in [0, 0.1) is 5.82 Å². The lowest BCUT2D eigenvalue weighted by molar-refractivity contribution is 0.631. The fourth-order valence-electron chi connectivity index (χ4n) is 1.45. The molecule has 0 spiro atoms. The molecule has 0 unspecified atom stereocenters. The molecular formula is C12H8BrClFN. The highest BCUT2D eigenvalue weighted by molar-refractivity contribution is 9.10. The first-order chi connectivity index (χ1) is 7.58. The predicted octanol–water partition coefficient (Wildman–Crippen LogP) is 4.49. The van der Waals surface area contributed by atoms with Crippen LogP contribution in [0.5, 0.6) is 0 Å². The highest BCUT2D eigenvalue weighted by Gasteiger charge is 2.09. The monoisotopic (exact) mass is 299 g/mol. The van der Waals surface area contributed by atoms with Crippen molar-refractivity contribution >= 4 is 33.2 Å². The summed E-state index contributed by atoms with van der Waals surface area (Å²) in [5.41, 5.74) is 7.24. The fourth-order valence-corrected chi connectivity index (χ4v) is 2.11. The Morgan fingerprint density at radius 2 is 1.81 bits per heavy atom. The first-order valence-corrected chi connectivity index (χ1v) is 5.75. The van der Waals surface area contributed by atoms with E-state index in [9.17, 15) is 4.39 Å². The molecule has 2 rings (SSSR count). The topological polar surface area (TPSA) is 26.0 Å². The van der Waals surface area contributed by atoms with Crippen LogP contribution in [0.2, 0.25) is 5.02 Å². The largest absolute Gasteiger partial charge is 0.399 e. The zero-order chi connectivity index (χ0) is 11.7. The van der Waals surface area contributed by atoms with E-state index < -0.39 is 0 Å². The quantitative estimate of drug-likeness (QED) is 0.772. The Balaban J connectivity index is 2.62. The molecule has 0 saturated carbocycles. The zero-order valence-electron chi connectivity index (χ0n) is 8.18. The van der Waals surface area contributed by atoms with Crippen LogP contribution in [0.3, 0.4) is 0 Å². The molecule has 2 N–H and O–H groups in total. The number of nitrogens with two attached hydrogens (primary N) is 1. The second-order valence-corrected chi connectivity index (χ2v) is 4.69. The minimum Gasteiger partial charge on any atom is -0.399 e. The molecule has 82 valence electrons. The first-order valence-electron chi connectivity index (χ1n) is 4.58. The van der Waals surface area contributed by atoms with Gasteiger partial charge in [-0.1, -0.05) is 33.6 Å². The van der Waals surface area contributed by atoms with Gasteiger partial charge in [0.2, 0.25) is 0 Å². The van der Waals surface area contributed by atoms with Crippen molar-refractivity contribution in [1.82, 2.24) is 0 Å². The van der Waals surface area contributed by atoms with Crippen molar-refractivity contribution in [2.75, 3.05) is 5.73 Å². The van der Waals surface area contributed by atoms with E-state index in [1.165, 1.54) is 6.07 Å². The molecule has 0 aromatic heterocycles. The van der Waals surface area contributed by atoms with Crippen LogP contribution >= 0.6 is 27.5 Å². The maximum absolute atomic E-state index is 13.6. The lowest BCUT2D eigenvalue weighted by Crippen LogP contribution is -1.88. The first kappa shape index (κ1) is 11.4. The van der Waals surface area contributed by atoms with Gasteiger partial charge < -0.3 is 5.73 Å². The van der Waals surface area contributed by atoms with Gasteiger partial charge in [0.15, 0.2) is 0 Å². The van der Waals surface area contributed by atoms with Gasteiger partial charge in [0.05, 0.1) is 5.02 Å². The molecule has 0 bridgehead atoms. The van der Waals surface area contributed by atoms with Crippen molar-refractivity contribution in [2.45, 2.75) is 0 Å². The molecule has 4 heteroatoms. The number of nitrogen functional groups attached to an aromatic ring is 1. The van der Waals surface area contributed by atoms with Crippen LogP contribution in [0.4, 0.5) is 10.1 Å². The Labute approximate surface area is 106 Å². The van der Waals surface area contributed by atoms with Gasteiger partial charge in [0, 0.05) is 21.3 Å². The van der Waals surface area contributed by atoms with Crippen LogP contribution in [0.15, 0.2) is 40.9 Å². The summed E-state index contributed by atoms with van der Waals surface area (Å²) in [6.45, 7) is 0. The number of benzene rings is 2. The molecule has 0 saturated heterocycles. The van der Waals surface area contributed by atoms with Crippen molar-refractivity contribution in [3.05, 3.63) is 51.7 Å². The molecule has 0 aliphatic carbocycles. The summed E-state index contributed by atoms with van der Waals surface area (Å²) in [7, 11) is 0. The summed E-state index contributed by atoms with van der Waals surface area (Å²) in [4.78, 5) is 0. The minimum atomic E-state index is -0.310. The summed E-state index contributed by atoms with van der Waals surface area (Å²) in [5, 5.41) is 0.442. The Hall–Kier alpha value is -1.06. The van der Waals surface area contributed by atoms with Crippen molar-refractivity contribution in [3.63, 3.8) is 0 Å². The highest BCUT2D eigenvalue weighted by atomic mass is 79.9. The van der Waals surface area contributed by atoms with E-state index >= 15 is 0 Å². The van der Waals surface area contributed by atoms with Crippen LogP contribution < -0.4 is 5.73 Å². The molecule has 0 radical (unpaired) electrons. The third-order valence-electron chi connectivity index (χ3n) is 2.21. The van der Waals surface area contributed by atoms with Gasteiger partial charge in [-0.3, -0.25) is 0 Å². The molecule has 0 amide bonds. The van der Waals surface area contributed by atoms with Crippen molar-refractivity contribution in [1.29, 1.82) is 0 Å². The molecule has 0 heterocycles. The van der Waals surface area contributed by atoms with Gasteiger partial charge in [0.25, 0.3) is 0 Å². The highest BCUT2D eigenvalue weighted by Crippen LogP contribution is 2.32. The lowest BCUT2D eigenvalue weighted by Gasteiger charge is -2.07. The van der Waals surface area contributed by atoms with Gasteiger partial charge in [-0.15, -0.1) is 0 Å². The van der Waals surface area contributed by atoms with Crippen molar-refractivity contribution < 1.29 is 4.39 Å².